The molecule has 1 saturated heterocycles. The number of hydrogen-bond acceptors (Lipinski definition) is 6. The highest BCUT2D eigenvalue weighted by Crippen LogP contribution is 2.24. The highest BCUT2D eigenvalue weighted by molar-refractivity contribution is 6.09. The van der Waals surface area contributed by atoms with Crippen molar-refractivity contribution in [1.82, 2.24) is 9.47 Å². The maximum atomic E-state index is 13.3. The molecule has 0 saturated carbocycles. The van der Waals surface area contributed by atoms with E-state index in [4.69, 9.17) is 10.00 Å². The van der Waals surface area contributed by atoms with Crippen LogP contribution < -0.4 is 4.90 Å². The maximum Gasteiger partial charge on any atom is 0.337 e. The molecule has 7 nitrogen and oxygen atoms in total. The first kappa shape index (κ1) is 22.6. The van der Waals surface area contributed by atoms with Gasteiger partial charge in [-0.3, -0.25) is 9.69 Å². The molecule has 1 atom stereocenters. The topological polar surface area (TPSA) is 78.6 Å². The van der Waals surface area contributed by atoms with Gasteiger partial charge in [-0.15, -0.1) is 0 Å². The van der Waals surface area contributed by atoms with Crippen molar-refractivity contribution in [1.29, 1.82) is 5.26 Å². The lowest BCUT2D eigenvalue weighted by molar-refractivity contribution is 0.0600. The minimum absolute atomic E-state index is 0.102. The molecule has 1 aliphatic rings. The summed E-state index contributed by atoms with van der Waals surface area (Å²) in [5.41, 5.74) is 3.30. The van der Waals surface area contributed by atoms with Gasteiger partial charge in [0.1, 0.15) is 0 Å². The number of esters is 1. The van der Waals surface area contributed by atoms with Gasteiger partial charge in [-0.25, -0.2) is 4.79 Å². The molecule has 0 N–H and O–H groups in total. The number of carbonyl (C=O) groups is 2. The van der Waals surface area contributed by atoms with Crippen molar-refractivity contribution in [2.45, 2.75) is 25.9 Å². The SMILES string of the molecule is COC(=O)c1ccc(N2CCN(CC(=O)c3cn(CCC#N)c4ccccc34)C(C)C2)cc1. The predicted molar refractivity (Wildman–Crippen MR) is 128 cm³/mol. The molecule has 0 bridgehead atoms. The van der Waals surface area contributed by atoms with Gasteiger partial charge < -0.3 is 14.2 Å². The Balaban J connectivity index is 1.43. The summed E-state index contributed by atoms with van der Waals surface area (Å²) in [5, 5.41) is 9.89. The van der Waals surface area contributed by atoms with E-state index in [1.807, 2.05) is 47.2 Å². The number of benzene rings is 2. The van der Waals surface area contributed by atoms with Gasteiger partial charge in [0.05, 0.1) is 31.7 Å². The first-order chi connectivity index (χ1) is 16.0. The van der Waals surface area contributed by atoms with Crippen LogP contribution in [-0.2, 0) is 11.3 Å². The predicted octanol–water partition coefficient (Wildman–Crippen LogP) is 3.73. The number of Topliss-reactive ketones (excluding diaryl/α,β-unsaturated/α-hetero) is 1. The number of methoxy groups -OCH3 is 1. The number of aromatic nitrogens is 1. The number of ether oxygens (including phenoxy) is 1. The molecule has 2 aromatic carbocycles. The van der Waals surface area contributed by atoms with Gasteiger partial charge in [-0.2, -0.15) is 5.26 Å². The molecular weight excluding hydrogens is 416 g/mol. The Bertz CT molecular complexity index is 1190. The van der Waals surface area contributed by atoms with Crippen LogP contribution in [0.3, 0.4) is 0 Å². The molecule has 4 rings (SSSR count). The number of fused-ring (bicyclic) bond motifs is 1. The van der Waals surface area contributed by atoms with E-state index in [1.54, 1.807) is 12.1 Å². The summed E-state index contributed by atoms with van der Waals surface area (Å²) in [7, 11) is 1.38. The summed E-state index contributed by atoms with van der Waals surface area (Å²) in [6, 6.07) is 17.7. The second-order valence-corrected chi connectivity index (χ2v) is 8.39. The van der Waals surface area contributed by atoms with Gasteiger partial charge in [-0.05, 0) is 37.3 Å². The second-order valence-electron chi connectivity index (χ2n) is 8.39. The van der Waals surface area contributed by atoms with Crippen LogP contribution in [0, 0.1) is 11.3 Å². The number of anilines is 1. The standard InChI is InChI=1S/C26H28N4O3/c1-19-16-29(21-10-8-20(9-11-21)26(32)33-2)15-14-28(19)18-25(31)23-17-30(13-5-12-27)24-7-4-3-6-22(23)24/h3-4,6-11,17,19H,5,13-16,18H2,1-2H3. The molecule has 7 heteroatoms. The number of nitrogens with zero attached hydrogens (tertiary/aromatic N) is 4. The van der Waals surface area contributed by atoms with E-state index in [1.165, 1.54) is 7.11 Å². The van der Waals surface area contributed by atoms with E-state index in [0.717, 1.165) is 41.8 Å². The lowest BCUT2D eigenvalue weighted by Gasteiger charge is -2.40. The largest absolute Gasteiger partial charge is 0.465 e. The summed E-state index contributed by atoms with van der Waals surface area (Å²) < 4.78 is 6.77. The number of ketones is 1. The van der Waals surface area contributed by atoms with Crippen molar-refractivity contribution in [2.24, 2.45) is 0 Å². The van der Waals surface area contributed by atoms with Crippen molar-refractivity contribution in [3.05, 3.63) is 65.9 Å². The fraction of sp³-hybridized carbons (Fsp3) is 0.346. The quantitative estimate of drug-likeness (QED) is 0.408. The zero-order valence-electron chi connectivity index (χ0n) is 19.0. The van der Waals surface area contributed by atoms with Gasteiger partial charge in [-0.1, -0.05) is 18.2 Å². The van der Waals surface area contributed by atoms with Crippen LogP contribution in [0.1, 0.15) is 34.1 Å². The number of piperazine rings is 1. The van der Waals surface area contributed by atoms with Gasteiger partial charge in [0, 0.05) is 60.6 Å². The van der Waals surface area contributed by atoms with E-state index in [2.05, 4.69) is 22.8 Å². The van der Waals surface area contributed by atoms with Crippen molar-refractivity contribution in [2.75, 3.05) is 38.2 Å². The van der Waals surface area contributed by atoms with Crippen LogP contribution in [0.5, 0.6) is 0 Å². The van der Waals surface area contributed by atoms with E-state index < -0.39 is 0 Å². The van der Waals surface area contributed by atoms with Crippen LogP contribution in [0.25, 0.3) is 10.9 Å². The van der Waals surface area contributed by atoms with E-state index in [0.29, 0.717) is 25.1 Å². The van der Waals surface area contributed by atoms with Crippen molar-refractivity contribution >= 4 is 28.3 Å². The average Bonchev–Trinajstić information content (AvgIpc) is 3.22. The zero-order chi connectivity index (χ0) is 23.4. The summed E-state index contributed by atoms with van der Waals surface area (Å²) in [5.74, 6) is -0.239. The molecule has 1 unspecified atom stereocenters. The lowest BCUT2D eigenvalue weighted by atomic mass is 10.1. The Morgan fingerprint density at radius 3 is 2.58 bits per heavy atom. The minimum atomic E-state index is -0.341. The van der Waals surface area contributed by atoms with Gasteiger partial charge >= 0.3 is 5.97 Å². The van der Waals surface area contributed by atoms with Crippen LogP contribution in [0.15, 0.2) is 54.7 Å². The summed E-state index contributed by atoms with van der Waals surface area (Å²) in [6.45, 7) is 5.46. The Morgan fingerprint density at radius 1 is 1.12 bits per heavy atom. The number of hydrogen-bond donors (Lipinski definition) is 0. The lowest BCUT2D eigenvalue weighted by Crippen LogP contribution is -2.53. The van der Waals surface area contributed by atoms with Gasteiger partial charge in [0.15, 0.2) is 5.78 Å². The molecule has 3 aromatic rings. The third-order valence-corrected chi connectivity index (χ3v) is 6.32. The van der Waals surface area contributed by atoms with Crippen LogP contribution in [0.2, 0.25) is 0 Å². The molecule has 0 amide bonds. The molecule has 1 aliphatic heterocycles. The van der Waals surface area contributed by atoms with E-state index in [9.17, 15) is 9.59 Å². The van der Waals surface area contributed by atoms with Crippen LogP contribution >= 0.6 is 0 Å². The molecule has 33 heavy (non-hydrogen) atoms. The van der Waals surface area contributed by atoms with E-state index >= 15 is 0 Å². The molecular formula is C26H28N4O3. The van der Waals surface area contributed by atoms with E-state index in [-0.39, 0.29) is 17.8 Å². The van der Waals surface area contributed by atoms with Gasteiger partial charge in [0.2, 0.25) is 0 Å². The molecule has 0 radical (unpaired) electrons. The number of carbonyl (C=O) groups excluding carboxylic acids is 2. The molecule has 170 valence electrons. The van der Waals surface area contributed by atoms with Crippen molar-refractivity contribution in [3.63, 3.8) is 0 Å². The summed E-state index contributed by atoms with van der Waals surface area (Å²) in [6.07, 6.45) is 2.31. The number of para-hydroxylation sites is 1. The van der Waals surface area contributed by atoms with Crippen molar-refractivity contribution < 1.29 is 14.3 Å². The first-order valence-corrected chi connectivity index (χ1v) is 11.2. The molecule has 1 fully saturated rings. The number of aryl methyl sites for hydroxylation is 1. The van der Waals surface area contributed by atoms with Crippen LogP contribution in [-0.4, -0.2) is 60.6 Å². The minimum Gasteiger partial charge on any atom is -0.465 e. The van der Waals surface area contributed by atoms with Crippen LogP contribution in [0.4, 0.5) is 5.69 Å². The number of rotatable bonds is 7. The normalized spacial score (nSPS) is 16.5. The van der Waals surface area contributed by atoms with Gasteiger partial charge in [0.25, 0.3) is 0 Å². The fourth-order valence-electron chi connectivity index (χ4n) is 4.48. The smallest absolute Gasteiger partial charge is 0.337 e. The molecule has 0 spiro atoms. The Labute approximate surface area is 193 Å². The second kappa shape index (κ2) is 9.88. The highest BCUT2D eigenvalue weighted by Gasteiger charge is 2.27. The third-order valence-electron chi connectivity index (χ3n) is 6.32. The third kappa shape index (κ3) is 4.76. The Hall–Kier alpha value is -3.63. The summed E-state index contributed by atoms with van der Waals surface area (Å²) in [4.78, 5) is 29.4. The molecule has 0 aliphatic carbocycles. The monoisotopic (exact) mass is 444 g/mol. The average molecular weight is 445 g/mol. The zero-order valence-corrected chi connectivity index (χ0v) is 19.0. The maximum absolute atomic E-state index is 13.3. The fourth-order valence-corrected chi connectivity index (χ4v) is 4.48. The Morgan fingerprint density at radius 2 is 1.88 bits per heavy atom. The molecule has 1 aromatic heterocycles. The highest BCUT2D eigenvalue weighted by atomic mass is 16.5. The van der Waals surface area contributed by atoms with Crippen molar-refractivity contribution in [3.8, 4) is 6.07 Å². The number of nitriles is 1. The summed E-state index contributed by atoms with van der Waals surface area (Å²) >= 11 is 0. The first-order valence-electron chi connectivity index (χ1n) is 11.2. The molecule has 2 heterocycles. The Kier molecular flexibility index (Phi) is 6.76.